The van der Waals surface area contributed by atoms with Crippen LogP contribution in [0.1, 0.15) is 11.8 Å². The van der Waals surface area contributed by atoms with Gasteiger partial charge in [-0.2, -0.15) is 0 Å². The Balaban J connectivity index is 1.34. The third-order valence-electron chi connectivity index (χ3n) is 7.36. The highest BCUT2D eigenvalue weighted by molar-refractivity contribution is 7.19. The maximum absolute atomic E-state index is 5.21. The predicted molar refractivity (Wildman–Crippen MR) is 158 cm³/mol. The van der Waals surface area contributed by atoms with Crippen LogP contribution in [0.5, 0.6) is 0 Å². The van der Waals surface area contributed by atoms with Gasteiger partial charge in [-0.3, -0.25) is 4.40 Å². The third-order valence-corrected chi connectivity index (χ3v) is 9.41. The minimum Gasteiger partial charge on any atom is -0.341 e. The SMILES string of the molecule is CCn1c2ccccc2c2cc(-c3cccc(-c4scc5c4c4cc(C)sc4n4ccnc54)n3)ccc21. The zero-order valence-electron chi connectivity index (χ0n) is 20.4. The third kappa shape index (κ3) is 2.94. The van der Waals surface area contributed by atoms with Crippen molar-refractivity contribution in [1.82, 2.24) is 18.9 Å². The van der Waals surface area contributed by atoms with Gasteiger partial charge in [0.2, 0.25) is 0 Å². The van der Waals surface area contributed by atoms with Crippen LogP contribution in [0.3, 0.4) is 0 Å². The topological polar surface area (TPSA) is 35.1 Å². The van der Waals surface area contributed by atoms with E-state index in [9.17, 15) is 0 Å². The van der Waals surface area contributed by atoms with E-state index in [1.54, 1.807) is 11.3 Å². The fourth-order valence-corrected chi connectivity index (χ4v) is 7.81. The first-order valence-electron chi connectivity index (χ1n) is 12.5. The molecule has 4 nitrogen and oxygen atoms in total. The van der Waals surface area contributed by atoms with Gasteiger partial charge in [-0.25, -0.2) is 9.97 Å². The Kier molecular flexibility index (Phi) is 4.42. The largest absolute Gasteiger partial charge is 0.341 e. The van der Waals surface area contributed by atoms with Crippen LogP contribution in [0.15, 0.2) is 84.5 Å². The van der Waals surface area contributed by atoms with Gasteiger partial charge >= 0.3 is 0 Å². The highest BCUT2D eigenvalue weighted by Crippen LogP contribution is 2.43. The summed E-state index contributed by atoms with van der Waals surface area (Å²) in [4.78, 5) is 13.7. The van der Waals surface area contributed by atoms with Crippen LogP contribution in [0.2, 0.25) is 0 Å². The summed E-state index contributed by atoms with van der Waals surface area (Å²) in [7, 11) is 0. The molecule has 6 aromatic heterocycles. The van der Waals surface area contributed by atoms with Gasteiger partial charge in [0.05, 0.1) is 16.3 Å². The zero-order valence-corrected chi connectivity index (χ0v) is 22.0. The lowest BCUT2D eigenvalue weighted by Crippen LogP contribution is -1.92. The molecule has 0 aliphatic rings. The van der Waals surface area contributed by atoms with E-state index < -0.39 is 0 Å². The number of para-hydroxylation sites is 1. The highest BCUT2D eigenvalue weighted by atomic mass is 32.1. The van der Waals surface area contributed by atoms with Crippen LogP contribution in [0.25, 0.3) is 70.3 Å². The number of fused-ring (bicyclic) bond motifs is 9. The molecule has 2 aromatic carbocycles. The average Bonchev–Trinajstić information content (AvgIpc) is 3.71. The highest BCUT2D eigenvalue weighted by Gasteiger charge is 2.19. The Morgan fingerprint density at radius 3 is 2.62 bits per heavy atom. The number of hydrogen-bond donors (Lipinski definition) is 0. The fraction of sp³-hybridized carbons (Fsp3) is 0.0968. The van der Waals surface area contributed by atoms with Crippen LogP contribution in [-0.4, -0.2) is 18.9 Å². The molecule has 0 fully saturated rings. The Morgan fingerprint density at radius 2 is 1.70 bits per heavy atom. The summed E-state index contributed by atoms with van der Waals surface area (Å²) in [5.74, 6) is 0. The van der Waals surface area contributed by atoms with E-state index in [0.717, 1.165) is 29.1 Å². The predicted octanol–water partition coefficient (Wildman–Crippen LogP) is 8.93. The summed E-state index contributed by atoms with van der Waals surface area (Å²) in [5.41, 5.74) is 6.71. The van der Waals surface area contributed by atoms with Gasteiger partial charge in [0, 0.05) is 72.7 Å². The summed E-state index contributed by atoms with van der Waals surface area (Å²) in [6.07, 6.45) is 3.96. The number of pyridine rings is 2. The van der Waals surface area contributed by atoms with Crippen LogP contribution in [0, 0.1) is 6.92 Å². The maximum Gasteiger partial charge on any atom is 0.146 e. The molecule has 0 saturated carbocycles. The second-order valence-electron chi connectivity index (χ2n) is 9.45. The van der Waals surface area contributed by atoms with Gasteiger partial charge in [0.1, 0.15) is 10.5 Å². The van der Waals surface area contributed by atoms with E-state index in [1.807, 2.05) is 17.5 Å². The summed E-state index contributed by atoms with van der Waals surface area (Å²) >= 11 is 3.58. The number of aryl methyl sites for hydroxylation is 2. The number of benzene rings is 2. The molecule has 0 bridgehead atoms. The first-order valence-corrected chi connectivity index (χ1v) is 14.2. The number of nitrogens with zero attached hydrogens (tertiary/aromatic N) is 4. The molecule has 6 heteroatoms. The van der Waals surface area contributed by atoms with E-state index in [1.165, 1.54) is 52.5 Å². The zero-order chi connectivity index (χ0) is 24.7. The monoisotopic (exact) mass is 514 g/mol. The van der Waals surface area contributed by atoms with E-state index in [2.05, 4.69) is 101 Å². The van der Waals surface area contributed by atoms with Crippen molar-refractivity contribution in [3.63, 3.8) is 0 Å². The average molecular weight is 515 g/mol. The number of thiophene rings is 2. The van der Waals surface area contributed by atoms with Crippen molar-refractivity contribution in [3.05, 3.63) is 89.4 Å². The summed E-state index contributed by atoms with van der Waals surface area (Å²) < 4.78 is 4.61. The van der Waals surface area contributed by atoms with Crippen molar-refractivity contribution in [2.75, 3.05) is 0 Å². The molecule has 0 atom stereocenters. The van der Waals surface area contributed by atoms with Gasteiger partial charge in [-0.1, -0.05) is 30.3 Å². The molecule has 0 spiro atoms. The first kappa shape index (κ1) is 21.1. The summed E-state index contributed by atoms with van der Waals surface area (Å²) in [5, 5.41) is 8.53. The van der Waals surface area contributed by atoms with Gasteiger partial charge in [0.25, 0.3) is 0 Å². The molecule has 0 N–H and O–H groups in total. The molecule has 0 radical (unpaired) electrons. The number of aromatic nitrogens is 4. The lowest BCUT2D eigenvalue weighted by Gasteiger charge is -2.07. The van der Waals surface area contributed by atoms with Crippen molar-refractivity contribution in [2.24, 2.45) is 0 Å². The molecule has 0 aliphatic carbocycles. The Hall–Kier alpha value is -4.00. The minimum absolute atomic E-state index is 0.947. The Labute approximate surface area is 221 Å². The molecule has 37 heavy (non-hydrogen) atoms. The van der Waals surface area contributed by atoms with Crippen molar-refractivity contribution in [2.45, 2.75) is 20.4 Å². The molecule has 0 unspecified atom stereocenters. The van der Waals surface area contributed by atoms with Gasteiger partial charge in [-0.15, -0.1) is 22.7 Å². The van der Waals surface area contributed by atoms with Gasteiger partial charge in [-0.05, 0) is 50.2 Å². The molecule has 0 saturated heterocycles. The molecular formula is C31H22N4S2. The Morgan fingerprint density at radius 1 is 0.838 bits per heavy atom. The number of hydrogen-bond acceptors (Lipinski definition) is 4. The van der Waals surface area contributed by atoms with E-state index in [0.29, 0.717) is 0 Å². The summed E-state index contributed by atoms with van der Waals surface area (Å²) in [6.45, 7) is 5.33. The molecule has 178 valence electrons. The van der Waals surface area contributed by atoms with Crippen LogP contribution < -0.4 is 0 Å². The Bertz CT molecular complexity index is 2150. The summed E-state index contributed by atoms with van der Waals surface area (Å²) in [6, 6.07) is 24.1. The normalized spacial score (nSPS) is 12.2. The molecular weight excluding hydrogens is 493 g/mol. The second-order valence-corrected chi connectivity index (χ2v) is 11.6. The number of imidazole rings is 1. The van der Waals surface area contributed by atoms with E-state index in [-0.39, 0.29) is 0 Å². The first-order chi connectivity index (χ1) is 18.2. The smallest absolute Gasteiger partial charge is 0.146 e. The van der Waals surface area contributed by atoms with Crippen molar-refractivity contribution in [3.8, 4) is 21.8 Å². The lowest BCUT2D eigenvalue weighted by atomic mass is 10.1. The van der Waals surface area contributed by atoms with E-state index in [4.69, 9.17) is 9.97 Å². The number of rotatable bonds is 3. The molecule has 8 aromatic rings. The van der Waals surface area contributed by atoms with Crippen LogP contribution in [0.4, 0.5) is 0 Å². The standard InChI is InChI=1S/C31H22N4S2/c1-3-34-26-10-5-4-7-20(26)21-16-19(11-12-27(21)34)24-8-6-9-25(33-24)29-28-22-15-18(2)37-31(22)35-14-13-32-30(35)23(28)17-36-29/h4-17H,3H2,1-2H3. The van der Waals surface area contributed by atoms with Crippen LogP contribution >= 0.6 is 22.7 Å². The molecule has 0 amide bonds. The van der Waals surface area contributed by atoms with Crippen molar-refractivity contribution in [1.29, 1.82) is 0 Å². The van der Waals surface area contributed by atoms with Crippen LogP contribution in [-0.2, 0) is 6.54 Å². The second kappa shape index (κ2) is 7.75. The van der Waals surface area contributed by atoms with E-state index >= 15 is 0 Å². The minimum atomic E-state index is 0.947. The van der Waals surface area contributed by atoms with Crippen molar-refractivity contribution >= 4 is 71.1 Å². The molecule has 8 rings (SSSR count). The maximum atomic E-state index is 5.21. The van der Waals surface area contributed by atoms with Gasteiger partial charge in [0.15, 0.2) is 0 Å². The fourth-order valence-electron chi connectivity index (χ4n) is 5.78. The van der Waals surface area contributed by atoms with Crippen molar-refractivity contribution < 1.29 is 0 Å². The molecule has 6 heterocycles. The lowest BCUT2D eigenvalue weighted by molar-refractivity contribution is 0.827. The quantitative estimate of drug-likeness (QED) is 0.236. The van der Waals surface area contributed by atoms with Gasteiger partial charge < -0.3 is 4.57 Å². The molecule has 0 aliphatic heterocycles.